The number of aromatic nitrogens is 3. The van der Waals surface area contributed by atoms with E-state index < -0.39 is 0 Å². The molecule has 1 saturated heterocycles. The highest BCUT2D eigenvalue weighted by Crippen LogP contribution is 2.22. The third-order valence-electron chi connectivity index (χ3n) is 3.68. The van der Waals surface area contributed by atoms with Crippen molar-refractivity contribution in [2.75, 3.05) is 36.5 Å². The van der Waals surface area contributed by atoms with Gasteiger partial charge in [0.2, 0.25) is 5.95 Å². The van der Waals surface area contributed by atoms with E-state index in [0.717, 1.165) is 18.7 Å². The Bertz CT molecular complexity index is 651. The topological polar surface area (TPSA) is 55.2 Å². The van der Waals surface area contributed by atoms with Crippen molar-refractivity contribution in [1.82, 2.24) is 14.8 Å². The molecule has 6 nitrogen and oxygen atoms in total. The molecule has 1 aromatic heterocycles. The van der Waals surface area contributed by atoms with Crippen molar-refractivity contribution < 1.29 is 9.13 Å². The molecule has 0 spiro atoms. The lowest BCUT2D eigenvalue weighted by molar-refractivity contribution is 0.122. The second-order valence-electron chi connectivity index (χ2n) is 5.34. The van der Waals surface area contributed by atoms with E-state index in [1.54, 1.807) is 10.7 Å². The first kappa shape index (κ1) is 14.8. The van der Waals surface area contributed by atoms with Crippen LogP contribution in [0.2, 0.25) is 0 Å². The molecular formula is C15H20FN5O. The average Bonchev–Trinajstić information content (AvgIpc) is 2.84. The Labute approximate surface area is 128 Å². The maximum absolute atomic E-state index is 14.3. The molecule has 1 aliphatic rings. The van der Waals surface area contributed by atoms with E-state index in [1.165, 1.54) is 0 Å². The predicted octanol–water partition coefficient (Wildman–Crippen LogP) is 1.71. The molecule has 22 heavy (non-hydrogen) atoms. The normalized spacial score (nSPS) is 15.1. The van der Waals surface area contributed by atoms with Crippen LogP contribution in [-0.4, -0.2) is 41.1 Å². The fourth-order valence-electron chi connectivity index (χ4n) is 2.57. The first-order valence-electron chi connectivity index (χ1n) is 7.36. The lowest BCUT2D eigenvalue weighted by atomic mass is 10.1. The number of benzene rings is 1. The number of ether oxygens (including phenoxy) is 1. The Morgan fingerprint density at radius 2 is 2.09 bits per heavy atom. The molecular weight excluding hydrogens is 285 g/mol. The number of halogens is 1. The van der Waals surface area contributed by atoms with Crippen LogP contribution in [0.4, 0.5) is 16.0 Å². The third-order valence-corrected chi connectivity index (χ3v) is 3.68. The summed E-state index contributed by atoms with van der Waals surface area (Å²) in [6.07, 6.45) is 0. The standard InChI is InChI=1S/C15H20FN5O/c1-11-18-15(20(2)19-11)17-10-12-3-4-14(13(16)9-12)21-5-7-22-8-6-21/h3-4,9H,5-8,10H2,1-2H3,(H,17,18,19). The Morgan fingerprint density at radius 1 is 1.32 bits per heavy atom. The molecule has 0 unspecified atom stereocenters. The molecule has 0 atom stereocenters. The zero-order valence-electron chi connectivity index (χ0n) is 12.8. The molecule has 1 N–H and O–H groups in total. The number of hydrogen-bond acceptors (Lipinski definition) is 5. The lowest BCUT2D eigenvalue weighted by Gasteiger charge is -2.29. The van der Waals surface area contributed by atoms with E-state index in [4.69, 9.17) is 4.74 Å². The average molecular weight is 305 g/mol. The van der Waals surface area contributed by atoms with Gasteiger partial charge in [0.05, 0.1) is 18.9 Å². The van der Waals surface area contributed by atoms with Gasteiger partial charge in [0.1, 0.15) is 11.6 Å². The van der Waals surface area contributed by atoms with Gasteiger partial charge in [0, 0.05) is 26.7 Å². The van der Waals surface area contributed by atoms with Crippen LogP contribution in [0.5, 0.6) is 0 Å². The summed E-state index contributed by atoms with van der Waals surface area (Å²) in [6, 6.07) is 5.34. The van der Waals surface area contributed by atoms with Crippen molar-refractivity contribution >= 4 is 11.6 Å². The number of rotatable bonds is 4. The van der Waals surface area contributed by atoms with Crippen LogP contribution in [-0.2, 0) is 18.3 Å². The minimum Gasteiger partial charge on any atom is -0.378 e. The van der Waals surface area contributed by atoms with Gasteiger partial charge in [-0.2, -0.15) is 10.1 Å². The fourth-order valence-corrected chi connectivity index (χ4v) is 2.57. The largest absolute Gasteiger partial charge is 0.378 e. The lowest BCUT2D eigenvalue weighted by Crippen LogP contribution is -2.36. The predicted molar refractivity (Wildman–Crippen MR) is 82.5 cm³/mol. The molecule has 1 fully saturated rings. The molecule has 2 aromatic rings. The van der Waals surface area contributed by atoms with Gasteiger partial charge in [-0.25, -0.2) is 9.07 Å². The highest BCUT2D eigenvalue weighted by molar-refractivity contribution is 5.49. The molecule has 0 amide bonds. The second kappa shape index (κ2) is 6.31. The molecule has 0 radical (unpaired) electrons. The molecule has 0 bridgehead atoms. The van der Waals surface area contributed by atoms with Crippen LogP contribution in [0, 0.1) is 12.7 Å². The summed E-state index contributed by atoms with van der Waals surface area (Å²) in [5, 5.41) is 7.33. The number of hydrogen-bond donors (Lipinski definition) is 1. The zero-order chi connectivity index (χ0) is 15.5. The van der Waals surface area contributed by atoms with Gasteiger partial charge in [-0.3, -0.25) is 0 Å². The van der Waals surface area contributed by atoms with Crippen molar-refractivity contribution in [3.8, 4) is 0 Å². The SMILES string of the molecule is Cc1nc(NCc2ccc(N3CCOCC3)c(F)c2)n(C)n1. The van der Waals surface area contributed by atoms with E-state index in [-0.39, 0.29) is 5.82 Å². The fraction of sp³-hybridized carbons (Fsp3) is 0.467. The molecule has 1 aliphatic heterocycles. The second-order valence-corrected chi connectivity index (χ2v) is 5.34. The molecule has 0 aliphatic carbocycles. The van der Waals surface area contributed by atoms with Gasteiger partial charge >= 0.3 is 0 Å². The zero-order valence-corrected chi connectivity index (χ0v) is 12.8. The van der Waals surface area contributed by atoms with E-state index in [2.05, 4.69) is 15.4 Å². The summed E-state index contributed by atoms with van der Waals surface area (Å²) in [5.74, 6) is 1.18. The number of aryl methyl sites for hydroxylation is 2. The van der Waals surface area contributed by atoms with Crippen LogP contribution in [0.25, 0.3) is 0 Å². The first-order chi connectivity index (χ1) is 10.6. The molecule has 1 aromatic carbocycles. The van der Waals surface area contributed by atoms with Crippen LogP contribution in [0.15, 0.2) is 18.2 Å². The number of anilines is 2. The Balaban J connectivity index is 1.67. The number of nitrogens with one attached hydrogen (secondary N) is 1. The van der Waals surface area contributed by atoms with Crippen molar-refractivity contribution in [3.63, 3.8) is 0 Å². The Morgan fingerprint density at radius 3 is 2.73 bits per heavy atom. The van der Waals surface area contributed by atoms with E-state index in [9.17, 15) is 4.39 Å². The van der Waals surface area contributed by atoms with Crippen LogP contribution >= 0.6 is 0 Å². The summed E-state index contributed by atoms with van der Waals surface area (Å²) >= 11 is 0. The van der Waals surface area contributed by atoms with Crippen molar-refractivity contribution in [2.24, 2.45) is 7.05 Å². The number of morpholine rings is 1. The van der Waals surface area contributed by atoms with Gasteiger partial charge in [-0.05, 0) is 24.6 Å². The minimum atomic E-state index is -0.199. The highest BCUT2D eigenvalue weighted by Gasteiger charge is 2.15. The molecule has 7 heteroatoms. The van der Waals surface area contributed by atoms with Gasteiger partial charge in [0.25, 0.3) is 0 Å². The Hall–Kier alpha value is -2.15. The summed E-state index contributed by atoms with van der Waals surface area (Å²) < 4.78 is 21.3. The summed E-state index contributed by atoms with van der Waals surface area (Å²) in [6.45, 7) is 5.09. The van der Waals surface area contributed by atoms with Crippen molar-refractivity contribution in [3.05, 3.63) is 35.4 Å². The molecule has 3 rings (SSSR count). The maximum atomic E-state index is 14.3. The van der Waals surface area contributed by atoms with Gasteiger partial charge in [0.15, 0.2) is 0 Å². The summed E-state index contributed by atoms with van der Waals surface area (Å²) in [5.41, 5.74) is 1.51. The number of nitrogens with zero attached hydrogens (tertiary/aromatic N) is 4. The molecule has 118 valence electrons. The molecule has 2 heterocycles. The van der Waals surface area contributed by atoms with Crippen LogP contribution in [0.3, 0.4) is 0 Å². The minimum absolute atomic E-state index is 0.199. The van der Waals surface area contributed by atoms with Gasteiger partial charge in [-0.1, -0.05) is 6.07 Å². The van der Waals surface area contributed by atoms with Crippen LogP contribution in [0.1, 0.15) is 11.4 Å². The van der Waals surface area contributed by atoms with Crippen molar-refractivity contribution in [2.45, 2.75) is 13.5 Å². The molecule has 0 saturated carbocycles. The Kier molecular flexibility index (Phi) is 4.24. The smallest absolute Gasteiger partial charge is 0.221 e. The van der Waals surface area contributed by atoms with E-state index in [0.29, 0.717) is 37.2 Å². The van der Waals surface area contributed by atoms with Crippen LogP contribution < -0.4 is 10.2 Å². The maximum Gasteiger partial charge on any atom is 0.221 e. The van der Waals surface area contributed by atoms with Gasteiger partial charge < -0.3 is 15.0 Å². The highest BCUT2D eigenvalue weighted by atomic mass is 19.1. The monoisotopic (exact) mass is 305 g/mol. The van der Waals surface area contributed by atoms with E-state index >= 15 is 0 Å². The summed E-state index contributed by atoms with van der Waals surface area (Å²) in [7, 11) is 1.82. The quantitative estimate of drug-likeness (QED) is 0.932. The summed E-state index contributed by atoms with van der Waals surface area (Å²) in [4.78, 5) is 6.28. The first-order valence-corrected chi connectivity index (χ1v) is 7.36. The van der Waals surface area contributed by atoms with E-state index in [1.807, 2.05) is 31.0 Å². The van der Waals surface area contributed by atoms with Gasteiger partial charge in [-0.15, -0.1) is 0 Å². The van der Waals surface area contributed by atoms with Crippen molar-refractivity contribution in [1.29, 1.82) is 0 Å². The third kappa shape index (κ3) is 3.19.